The molecule has 2 aromatic heterocycles. The quantitative estimate of drug-likeness (QED) is 0.276. The highest BCUT2D eigenvalue weighted by atomic mass is 32.2. The van der Waals surface area contributed by atoms with Gasteiger partial charge >= 0.3 is 5.97 Å². The van der Waals surface area contributed by atoms with Crippen molar-refractivity contribution in [3.05, 3.63) is 59.7 Å². The maximum absolute atomic E-state index is 12.6. The number of carbonyl (C=O) groups excluding carboxylic acids is 2. The van der Waals surface area contributed by atoms with Crippen LogP contribution < -0.4 is 11.1 Å². The summed E-state index contributed by atoms with van der Waals surface area (Å²) in [5.74, 6) is 0.143. The lowest BCUT2D eigenvalue weighted by Gasteiger charge is -2.07. The molecule has 4 rings (SSSR count). The first-order chi connectivity index (χ1) is 16.9. The van der Waals surface area contributed by atoms with Gasteiger partial charge in [0.05, 0.1) is 12.2 Å². The van der Waals surface area contributed by atoms with E-state index in [-0.39, 0.29) is 24.2 Å². The van der Waals surface area contributed by atoms with E-state index in [2.05, 4.69) is 20.6 Å². The van der Waals surface area contributed by atoms with Crippen molar-refractivity contribution in [1.29, 1.82) is 0 Å². The predicted molar refractivity (Wildman–Crippen MR) is 133 cm³/mol. The molecule has 0 saturated carbocycles. The number of aryl methyl sites for hydroxylation is 1. The third-order valence-corrected chi connectivity index (χ3v) is 5.71. The summed E-state index contributed by atoms with van der Waals surface area (Å²) in [6.45, 7) is 3.89. The van der Waals surface area contributed by atoms with Crippen molar-refractivity contribution in [2.24, 2.45) is 0 Å². The van der Waals surface area contributed by atoms with Crippen LogP contribution in [0.3, 0.4) is 0 Å². The van der Waals surface area contributed by atoms with Crippen LogP contribution in [0, 0.1) is 6.92 Å². The van der Waals surface area contributed by atoms with Gasteiger partial charge in [-0.25, -0.2) is 9.48 Å². The number of aromatic nitrogens is 4. The predicted octanol–water partition coefficient (Wildman–Crippen LogP) is 4.03. The lowest BCUT2D eigenvalue weighted by Crippen LogP contribution is -2.20. The van der Waals surface area contributed by atoms with E-state index < -0.39 is 5.97 Å². The van der Waals surface area contributed by atoms with Crippen LogP contribution in [0.5, 0.6) is 0 Å². The number of carbonyl (C=O) groups is 2. The fourth-order valence-corrected chi connectivity index (χ4v) is 3.96. The molecule has 4 aromatic rings. The van der Waals surface area contributed by atoms with E-state index >= 15 is 0 Å². The Bertz CT molecular complexity index is 1360. The molecule has 3 N–H and O–H groups in total. The summed E-state index contributed by atoms with van der Waals surface area (Å²) in [5, 5.41) is 11.9. The van der Waals surface area contributed by atoms with Gasteiger partial charge in [-0.15, -0.1) is 11.8 Å². The second kappa shape index (κ2) is 10.4. The molecule has 0 fully saturated rings. The Morgan fingerprint density at radius 1 is 1.20 bits per heavy atom. The first-order valence-corrected chi connectivity index (χ1v) is 12.0. The largest absolute Gasteiger partial charge is 0.462 e. The number of nitrogens with zero attached hydrogens (tertiary/aromatic N) is 4. The Labute approximate surface area is 205 Å². The molecule has 11 heteroatoms. The van der Waals surface area contributed by atoms with Crippen LogP contribution in [0.2, 0.25) is 0 Å². The van der Waals surface area contributed by atoms with Crippen LogP contribution in [0.25, 0.3) is 22.8 Å². The zero-order valence-electron chi connectivity index (χ0n) is 19.4. The highest BCUT2D eigenvalue weighted by molar-refractivity contribution is 7.98. The summed E-state index contributed by atoms with van der Waals surface area (Å²) in [7, 11) is 0. The molecule has 2 aromatic carbocycles. The number of nitrogen functional groups attached to an aromatic ring is 1. The maximum Gasteiger partial charge on any atom is 0.338 e. The lowest BCUT2D eigenvalue weighted by molar-refractivity contribution is -0.116. The second-order valence-corrected chi connectivity index (χ2v) is 8.36. The van der Waals surface area contributed by atoms with E-state index in [4.69, 9.17) is 15.0 Å². The van der Waals surface area contributed by atoms with Crippen molar-refractivity contribution in [2.75, 3.05) is 23.9 Å². The number of esters is 1. The van der Waals surface area contributed by atoms with Gasteiger partial charge < -0.3 is 20.3 Å². The molecule has 0 unspecified atom stereocenters. The van der Waals surface area contributed by atoms with Gasteiger partial charge in [-0.3, -0.25) is 4.79 Å². The van der Waals surface area contributed by atoms with Crippen LogP contribution in [0.15, 0.2) is 58.1 Å². The summed E-state index contributed by atoms with van der Waals surface area (Å²) in [5.41, 5.74) is 9.65. The van der Waals surface area contributed by atoms with Crippen molar-refractivity contribution in [2.45, 2.75) is 25.4 Å². The van der Waals surface area contributed by atoms with E-state index in [1.807, 2.05) is 37.4 Å². The van der Waals surface area contributed by atoms with Crippen LogP contribution in [-0.4, -0.2) is 44.7 Å². The van der Waals surface area contributed by atoms with Crippen molar-refractivity contribution in [3.8, 4) is 22.8 Å². The molecule has 2 heterocycles. The van der Waals surface area contributed by atoms with Crippen LogP contribution in [-0.2, 0) is 16.1 Å². The molecular formula is C24H24N6O4S. The summed E-state index contributed by atoms with van der Waals surface area (Å²) in [6, 6.07) is 14.2. The molecule has 0 bridgehead atoms. The molecule has 0 atom stereocenters. The summed E-state index contributed by atoms with van der Waals surface area (Å²) < 4.78 is 11.8. The molecule has 35 heavy (non-hydrogen) atoms. The molecule has 10 nitrogen and oxygen atoms in total. The van der Waals surface area contributed by atoms with Gasteiger partial charge in [0.15, 0.2) is 0 Å². The second-order valence-electron chi connectivity index (χ2n) is 7.57. The van der Waals surface area contributed by atoms with E-state index in [1.54, 1.807) is 31.2 Å². The Balaban J connectivity index is 1.51. The number of nitrogens with one attached hydrogen (secondary N) is 1. The van der Waals surface area contributed by atoms with E-state index in [1.165, 1.54) is 16.4 Å². The number of hydrogen-bond donors (Lipinski definition) is 2. The van der Waals surface area contributed by atoms with E-state index in [0.717, 1.165) is 11.1 Å². The number of thioether (sulfide) groups is 1. The SMILES string of the molecule is CCOC(=O)c1ccc(NC(=O)Cn2nc(SC)c(-c3nc(-c4cccc(C)c4)no3)c2N)cc1. The Hall–Kier alpha value is -4.12. The fourth-order valence-electron chi connectivity index (χ4n) is 3.38. The Morgan fingerprint density at radius 2 is 1.97 bits per heavy atom. The first kappa shape index (κ1) is 24.0. The van der Waals surface area contributed by atoms with Crippen molar-refractivity contribution < 1.29 is 18.8 Å². The third-order valence-electron chi connectivity index (χ3n) is 5.04. The van der Waals surface area contributed by atoms with Crippen molar-refractivity contribution in [1.82, 2.24) is 19.9 Å². The number of amides is 1. The van der Waals surface area contributed by atoms with Gasteiger partial charge in [-0.1, -0.05) is 28.9 Å². The molecule has 1 amide bonds. The number of benzene rings is 2. The minimum atomic E-state index is -0.418. The van der Waals surface area contributed by atoms with Crippen LogP contribution in [0.1, 0.15) is 22.8 Å². The normalized spacial score (nSPS) is 10.8. The monoisotopic (exact) mass is 492 g/mol. The Morgan fingerprint density at radius 3 is 2.66 bits per heavy atom. The minimum absolute atomic E-state index is 0.127. The fraction of sp³-hybridized carbons (Fsp3) is 0.208. The van der Waals surface area contributed by atoms with Gasteiger partial charge in [-0.05, 0) is 50.4 Å². The highest BCUT2D eigenvalue weighted by Crippen LogP contribution is 2.35. The van der Waals surface area contributed by atoms with Crippen molar-refractivity contribution in [3.63, 3.8) is 0 Å². The average molecular weight is 493 g/mol. The smallest absolute Gasteiger partial charge is 0.338 e. The number of ether oxygens (including phenoxy) is 1. The zero-order valence-corrected chi connectivity index (χ0v) is 20.3. The molecule has 180 valence electrons. The minimum Gasteiger partial charge on any atom is -0.462 e. The third kappa shape index (κ3) is 5.35. The average Bonchev–Trinajstić information content (AvgIpc) is 3.44. The van der Waals surface area contributed by atoms with Crippen LogP contribution >= 0.6 is 11.8 Å². The molecule has 0 aliphatic carbocycles. The van der Waals surface area contributed by atoms with E-state index in [9.17, 15) is 9.59 Å². The molecule has 0 saturated heterocycles. The van der Waals surface area contributed by atoms with Gasteiger partial charge in [0, 0.05) is 11.3 Å². The molecule has 0 aliphatic rings. The van der Waals surface area contributed by atoms with Gasteiger partial charge in [0.2, 0.25) is 11.7 Å². The molecule has 0 aliphatic heterocycles. The maximum atomic E-state index is 12.6. The first-order valence-electron chi connectivity index (χ1n) is 10.8. The van der Waals surface area contributed by atoms with Crippen LogP contribution in [0.4, 0.5) is 11.5 Å². The highest BCUT2D eigenvalue weighted by Gasteiger charge is 2.24. The molecule has 0 radical (unpaired) electrons. The Kier molecular flexibility index (Phi) is 7.16. The summed E-state index contributed by atoms with van der Waals surface area (Å²) in [6.07, 6.45) is 1.85. The number of hydrogen-bond acceptors (Lipinski definition) is 9. The molecular weight excluding hydrogens is 468 g/mol. The lowest BCUT2D eigenvalue weighted by atomic mass is 10.1. The standard InChI is InChI=1S/C24H24N6O4S/c1-4-33-24(32)15-8-10-17(11-9-15)26-18(31)13-30-20(25)19(23(28-30)35-3)22-27-21(29-34-22)16-7-5-6-14(2)12-16/h5-12H,4,13,25H2,1-3H3,(H,26,31). The summed E-state index contributed by atoms with van der Waals surface area (Å²) >= 11 is 1.36. The van der Waals surface area contributed by atoms with Crippen molar-refractivity contribution >= 4 is 35.1 Å². The number of nitrogens with two attached hydrogens (primary N) is 1. The molecule has 0 spiro atoms. The van der Waals surface area contributed by atoms with Gasteiger partial charge in [-0.2, -0.15) is 10.1 Å². The van der Waals surface area contributed by atoms with Gasteiger partial charge in [0.1, 0.15) is 23.0 Å². The zero-order chi connectivity index (χ0) is 24.9. The summed E-state index contributed by atoms with van der Waals surface area (Å²) in [4.78, 5) is 28.9. The number of anilines is 2. The van der Waals surface area contributed by atoms with Gasteiger partial charge in [0.25, 0.3) is 5.89 Å². The number of rotatable bonds is 8. The topological polar surface area (TPSA) is 138 Å². The van der Waals surface area contributed by atoms with E-state index in [0.29, 0.717) is 34.3 Å².